The Balaban J connectivity index is 1.48. The molecule has 4 fully saturated rings. The van der Waals surface area contributed by atoms with Crippen LogP contribution < -0.4 is 0 Å². The van der Waals surface area contributed by atoms with E-state index in [1.54, 1.807) is 5.57 Å². The molecular weight excluding hydrogens is 312 g/mol. The van der Waals surface area contributed by atoms with E-state index in [0.29, 0.717) is 0 Å². The number of hydrogen-bond acceptors (Lipinski definition) is 0. The summed E-state index contributed by atoms with van der Waals surface area (Å²) < 4.78 is 0. The van der Waals surface area contributed by atoms with Crippen molar-refractivity contribution in [3.63, 3.8) is 0 Å². The van der Waals surface area contributed by atoms with Gasteiger partial charge in [0.2, 0.25) is 0 Å². The number of allylic oxidation sites excluding steroid dienone is 4. The van der Waals surface area contributed by atoms with Gasteiger partial charge in [0.05, 0.1) is 0 Å². The molecule has 6 rings (SSSR count). The molecule has 6 aliphatic carbocycles. The maximum Gasteiger partial charge on any atom is -0.0166 e. The van der Waals surface area contributed by atoms with Crippen molar-refractivity contribution < 1.29 is 0 Å². The van der Waals surface area contributed by atoms with Crippen LogP contribution in [0.3, 0.4) is 0 Å². The van der Waals surface area contributed by atoms with Gasteiger partial charge in [0.1, 0.15) is 0 Å². The Hall–Kier alpha value is -0.520. The molecule has 0 N–H and O–H groups in total. The highest BCUT2D eigenvalue weighted by Crippen LogP contribution is 2.51. The third-order valence-electron chi connectivity index (χ3n) is 8.00. The third kappa shape index (κ3) is 4.85. The lowest BCUT2D eigenvalue weighted by Gasteiger charge is -2.45. The summed E-state index contributed by atoms with van der Waals surface area (Å²) in [5.41, 5.74) is 3.58. The van der Waals surface area contributed by atoms with Crippen molar-refractivity contribution in [2.45, 2.75) is 116 Å². The molecule has 0 nitrogen and oxygen atoms in total. The molecule has 0 amide bonds. The second-order valence-electron chi connectivity index (χ2n) is 9.86. The van der Waals surface area contributed by atoms with Gasteiger partial charge in [-0.25, -0.2) is 0 Å². The van der Waals surface area contributed by atoms with Crippen molar-refractivity contribution in [2.75, 3.05) is 0 Å². The summed E-state index contributed by atoms with van der Waals surface area (Å²) in [4.78, 5) is 0. The minimum atomic E-state index is 0.893. The summed E-state index contributed by atoms with van der Waals surface area (Å²) in [6.45, 7) is 0. The second kappa shape index (κ2) is 9.61. The minimum absolute atomic E-state index is 0.893. The van der Waals surface area contributed by atoms with E-state index in [1.165, 1.54) is 116 Å². The topological polar surface area (TPSA) is 0 Å². The van der Waals surface area contributed by atoms with Gasteiger partial charge in [-0.05, 0) is 75.0 Å². The maximum absolute atomic E-state index is 2.58. The van der Waals surface area contributed by atoms with Crippen molar-refractivity contribution in [1.29, 1.82) is 0 Å². The predicted octanol–water partition coefficient (Wildman–Crippen LogP) is 8.34. The molecule has 4 saturated carbocycles. The van der Waals surface area contributed by atoms with Gasteiger partial charge in [0.25, 0.3) is 0 Å². The average Bonchev–Trinajstić information content (AvgIpc) is 2.68. The molecule has 4 bridgehead atoms. The van der Waals surface area contributed by atoms with E-state index < -0.39 is 0 Å². The molecule has 0 aromatic carbocycles. The number of hydrogen-bond donors (Lipinski definition) is 0. The number of rotatable bonds is 1. The smallest absolute Gasteiger partial charge is 0.0166 e. The van der Waals surface area contributed by atoms with Crippen LogP contribution in [0.1, 0.15) is 116 Å². The van der Waals surface area contributed by atoms with E-state index in [0.717, 1.165) is 17.8 Å². The first-order valence-corrected chi connectivity index (χ1v) is 12.1. The van der Waals surface area contributed by atoms with Crippen molar-refractivity contribution in [2.24, 2.45) is 17.8 Å². The molecule has 0 saturated heterocycles. The van der Waals surface area contributed by atoms with E-state index in [2.05, 4.69) is 12.2 Å². The van der Waals surface area contributed by atoms with Gasteiger partial charge in [-0.15, -0.1) is 0 Å². The Kier molecular flexibility index (Phi) is 6.96. The van der Waals surface area contributed by atoms with Crippen molar-refractivity contribution >= 4 is 0 Å². The first-order valence-electron chi connectivity index (χ1n) is 12.1. The monoisotopic (exact) mass is 353 g/mol. The molecule has 6 aliphatic rings. The molecule has 0 aromatic rings. The normalized spacial score (nSPS) is 35.2. The zero-order valence-electron chi connectivity index (χ0n) is 17.1. The van der Waals surface area contributed by atoms with E-state index in [4.69, 9.17) is 0 Å². The molecule has 0 aromatic heterocycles. The largest absolute Gasteiger partial charge is 0.0699 e. The van der Waals surface area contributed by atoms with Gasteiger partial charge in [0.15, 0.2) is 0 Å². The van der Waals surface area contributed by atoms with Crippen molar-refractivity contribution in [3.05, 3.63) is 29.2 Å². The molecule has 0 aliphatic heterocycles. The average molecular weight is 354 g/mol. The predicted molar refractivity (Wildman–Crippen MR) is 113 cm³/mol. The summed E-state index contributed by atoms with van der Waals surface area (Å²) in [5.74, 6) is 4.88. The highest BCUT2D eigenvalue weighted by molar-refractivity contribution is 5.28. The summed E-state index contributed by atoms with van der Waals surface area (Å²) in [6, 6.07) is 0. The molecule has 26 heavy (non-hydrogen) atoms. The van der Waals surface area contributed by atoms with Gasteiger partial charge < -0.3 is 0 Å². The van der Waals surface area contributed by atoms with E-state index in [1.807, 2.05) is 11.5 Å². The van der Waals surface area contributed by atoms with Gasteiger partial charge in [-0.3, -0.25) is 0 Å². The van der Waals surface area contributed by atoms with Crippen LogP contribution in [0.2, 0.25) is 0 Å². The lowest BCUT2D eigenvalue weighted by Crippen LogP contribution is -2.34. The standard InChI is InChI=1S/C26H41/c1-2-4-9-14-26(24-19-22(20-24)12-8-3-1)25-13-10-6-5-7-11-21-15-17-23(25)18-16-21/h15,17,22,25-26H,1-14,16,18-20H2. The fraction of sp³-hybridized carbons (Fsp3) is 0.808. The van der Waals surface area contributed by atoms with Crippen LogP contribution in [0, 0.1) is 23.7 Å². The van der Waals surface area contributed by atoms with Crippen LogP contribution in [0.15, 0.2) is 23.3 Å². The molecule has 145 valence electrons. The first-order chi connectivity index (χ1) is 12.9. The number of fused-ring (bicyclic) bond motifs is 17. The lowest BCUT2D eigenvalue weighted by molar-refractivity contribution is 0.205. The van der Waals surface area contributed by atoms with E-state index >= 15 is 0 Å². The Bertz CT molecular complexity index is 490. The molecule has 1 radical (unpaired) electrons. The van der Waals surface area contributed by atoms with E-state index in [9.17, 15) is 0 Å². The fourth-order valence-electron chi connectivity index (χ4n) is 6.31. The van der Waals surface area contributed by atoms with E-state index in [-0.39, 0.29) is 0 Å². The van der Waals surface area contributed by atoms with Crippen LogP contribution in [0.25, 0.3) is 0 Å². The first kappa shape index (κ1) is 18.8. The highest BCUT2D eigenvalue weighted by atomic mass is 14.4. The van der Waals surface area contributed by atoms with Gasteiger partial charge in [-0.2, -0.15) is 0 Å². The maximum atomic E-state index is 2.58. The molecule has 0 spiro atoms. The zero-order valence-corrected chi connectivity index (χ0v) is 17.1. The second-order valence-corrected chi connectivity index (χ2v) is 9.86. The summed E-state index contributed by atoms with van der Waals surface area (Å²) in [6.07, 6.45) is 31.5. The molecule has 2 atom stereocenters. The molecule has 0 heterocycles. The summed E-state index contributed by atoms with van der Waals surface area (Å²) >= 11 is 0. The van der Waals surface area contributed by atoms with Crippen LogP contribution in [-0.2, 0) is 0 Å². The van der Waals surface area contributed by atoms with Crippen LogP contribution in [0.4, 0.5) is 0 Å². The fourth-order valence-corrected chi connectivity index (χ4v) is 6.31. The van der Waals surface area contributed by atoms with Gasteiger partial charge >= 0.3 is 0 Å². The molecule has 2 unspecified atom stereocenters. The zero-order chi connectivity index (χ0) is 17.6. The Morgan fingerprint density at radius 1 is 0.538 bits per heavy atom. The Morgan fingerprint density at radius 2 is 1.19 bits per heavy atom. The summed E-state index contributed by atoms with van der Waals surface area (Å²) in [7, 11) is 0. The SMILES string of the molecule is C1=C2CCCCCCC(C3CCCCCCCCC4C[C]3C4)C(=C1)CC2. The Morgan fingerprint density at radius 3 is 1.92 bits per heavy atom. The lowest BCUT2D eigenvalue weighted by atomic mass is 9.60. The van der Waals surface area contributed by atoms with Gasteiger partial charge in [0, 0.05) is 0 Å². The van der Waals surface area contributed by atoms with Crippen molar-refractivity contribution in [1.82, 2.24) is 0 Å². The quantitative estimate of drug-likeness (QED) is 0.444. The van der Waals surface area contributed by atoms with Crippen molar-refractivity contribution in [3.8, 4) is 0 Å². The Labute approximate surface area is 162 Å². The van der Waals surface area contributed by atoms with Crippen LogP contribution >= 0.6 is 0 Å². The third-order valence-corrected chi connectivity index (χ3v) is 8.00. The molecule has 0 heteroatoms. The summed E-state index contributed by atoms with van der Waals surface area (Å²) in [5, 5.41) is 0. The van der Waals surface area contributed by atoms with Crippen LogP contribution in [-0.4, -0.2) is 0 Å². The molecular formula is C26H41. The minimum Gasteiger partial charge on any atom is -0.0699 e. The highest BCUT2D eigenvalue weighted by Gasteiger charge is 2.39. The van der Waals surface area contributed by atoms with Crippen LogP contribution in [0.5, 0.6) is 0 Å². The van der Waals surface area contributed by atoms with Gasteiger partial charge in [-0.1, -0.05) is 87.5 Å².